The number of carbonyl (C=O) groups is 4. The second kappa shape index (κ2) is 13.0. The maximum Gasteiger partial charge on any atom is 0.328 e. The lowest BCUT2D eigenvalue weighted by Gasteiger charge is -2.37. The van der Waals surface area contributed by atoms with E-state index in [9.17, 15) is 19.2 Å². The van der Waals surface area contributed by atoms with Crippen LogP contribution < -0.4 is 5.32 Å². The molecule has 3 aliphatic rings. The van der Waals surface area contributed by atoms with Gasteiger partial charge < -0.3 is 19.7 Å². The second-order valence-corrected chi connectivity index (χ2v) is 16.5. The van der Waals surface area contributed by atoms with Gasteiger partial charge in [0.05, 0.1) is 23.5 Å². The van der Waals surface area contributed by atoms with Gasteiger partial charge in [0.15, 0.2) is 0 Å². The van der Waals surface area contributed by atoms with E-state index < -0.39 is 41.0 Å². The normalized spacial score (nSPS) is 23.7. The predicted molar refractivity (Wildman–Crippen MR) is 156 cm³/mol. The first kappa shape index (κ1) is 32.1. The van der Waals surface area contributed by atoms with Crippen molar-refractivity contribution in [3.63, 3.8) is 0 Å². The molecule has 0 bridgehead atoms. The van der Waals surface area contributed by atoms with Crippen LogP contribution in [0.2, 0.25) is 0 Å². The van der Waals surface area contributed by atoms with Crippen LogP contribution in [0.3, 0.4) is 0 Å². The molecule has 0 aromatic carbocycles. The van der Waals surface area contributed by atoms with Crippen LogP contribution >= 0.6 is 23.5 Å². The van der Waals surface area contributed by atoms with E-state index in [2.05, 4.69) is 5.32 Å². The first-order valence-electron chi connectivity index (χ1n) is 14.3. The number of likely N-dealkylation sites (tertiary alicyclic amines) is 1. The fourth-order valence-corrected chi connectivity index (χ4v) is 9.23. The molecule has 1 saturated carbocycles. The number of methoxy groups -OCH3 is 1. The minimum absolute atomic E-state index is 0.0102. The van der Waals surface area contributed by atoms with Crippen molar-refractivity contribution in [2.75, 3.05) is 25.2 Å². The van der Waals surface area contributed by atoms with E-state index >= 15 is 0 Å². The number of hydrogen-bond acceptors (Lipinski definition) is 8. The van der Waals surface area contributed by atoms with Crippen LogP contribution in [-0.4, -0.2) is 75.6 Å². The van der Waals surface area contributed by atoms with Crippen LogP contribution in [0.15, 0.2) is 0 Å². The Bertz CT molecular complexity index is 900. The highest BCUT2D eigenvalue weighted by Gasteiger charge is 2.53. The number of amides is 2. The molecule has 0 aromatic heterocycles. The van der Waals surface area contributed by atoms with E-state index in [4.69, 9.17) is 9.47 Å². The summed E-state index contributed by atoms with van der Waals surface area (Å²) < 4.78 is 10.4. The highest BCUT2D eigenvalue weighted by atomic mass is 32.2. The molecule has 1 N–H and O–H groups in total. The zero-order valence-electron chi connectivity index (χ0n) is 24.8. The molecule has 222 valence electrons. The van der Waals surface area contributed by atoms with E-state index in [1.807, 2.05) is 65.1 Å². The third kappa shape index (κ3) is 8.54. The van der Waals surface area contributed by atoms with Gasteiger partial charge in [0.2, 0.25) is 11.8 Å². The minimum Gasteiger partial charge on any atom is -0.467 e. The SMILES string of the molecule is COC(=O)[C@@H]1CC2(CN1C(=O)[C@@H](NC(=O)[C@@H](CC(=O)OC(C)(C)C)C1CCCCC1)C(C)(C)C)SCCCS2. The van der Waals surface area contributed by atoms with Crippen molar-refractivity contribution >= 4 is 47.3 Å². The van der Waals surface area contributed by atoms with Crippen molar-refractivity contribution in [1.82, 2.24) is 10.2 Å². The molecular formula is C29H48N2O6S2. The van der Waals surface area contributed by atoms with Gasteiger partial charge in [-0.2, -0.15) is 0 Å². The minimum atomic E-state index is -0.851. The smallest absolute Gasteiger partial charge is 0.328 e. The van der Waals surface area contributed by atoms with Gasteiger partial charge in [-0.15, -0.1) is 23.5 Å². The van der Waals surface area contributed by atoms with Crippen molar-refractivity contribution in [2.24, 2.45) is 17.3 Å². The molecule has 0 unspecified atom stereocenters. The quantitative estimate of drug-likeness (QED) is 0.427. The van der Waals surface area contributed by atoms with Gasteiger partial charge in [0, 0.05) is 13.0 Å². The summed E-state index contributed by atoms with van der Waals surface area (Å²) in [6.45, 7) is 11.6. The zero-order valence-corrected chi connectivity index (χ0v) is 26.4. The van der Waals surface area contributed by atoms with Gasteiger partial charge in [-0.05, 0) is 62.9 Å². The monoisotopic (exact) mass is 584 g/mol. The summed E-state index contributed by atoms with van der Waals surface area (Å²) in [5.41, 5.74) is -1.25. The largest absolute Gasteiger partial charge is 0.467 e. The summed E-state index contributed by atoms with van der Waals surface area (Å²) in [5, 5.41) is 3.06. The maximum absolute atomic E-state index is 14.2. The maximum atomic E-state index is 14.2. The number of nitrogens with zero attached hydrogens (tertiary/aromatic N) is 1. The number of hydrogen-bond donors (Lipinski definition) is 1. The van der Waals surface area contributed by atoms with Gasteiger partial charge in [0.1, 0.15) is 17.7 Å². The van der Waals surface area contributed by atoms with Gasteiger partial charge in [0.25, 0.3) is 0 Å². The van der Waals surface area contributed by atoms with Crippen molar-refractivity contribution < 1.29 is 28.7 Å². The van der Waals surface area contributed by atoms with Crippen LogP contribution in [0.4, 0.5) is 0 Å². The molecule has 0 radical (unpaired) electrons. The number of carbonyl (C=O) groups excluding carboxylic acids is 4. The molecule has 1 aliphatic carbocycles. The molecule has 10 heteroatoms. The molecule has 0 aromatic rings. The zero-order chi connectivity index (χ0) is 29.0. The number of nitrogens with one attached hydrogen (secondary N) is 1. The molecule has 2 heterocycles. The van der Waals surface area contributed by atoms with Gasteiger partial charge in [-0.1, -0.05) is 40.0 Å². The molecule has 2 aliphatic heterocycles. The van der Waals surface area contributed by atoms with Crippen molar-refractivity contribution in [2.45, 2.75) is 115 Å². The molecule has 3 atom stereocenters. The summed E-state index contributed by atoms with van der Waals surface area (Å²) in [4.78, 5) is 55.4. The molecule has 3 fully saturated rings. The Labute approximate surface area is 242 Å². The summed E-state index contributed by atoms with van der Waals surface area (Å²) in [7, 11) is 1.35. The average molecular weight is 585 g/mol. The first-order valence-corrected chi connectivity index (χ1v) is 16.3. The number of thioether (sulfide) groups is 2. The topological polar surface area (TPSA) is 102 Å². The first-order chi connectivity index (χ1) is 18.2. The summed E-state index contributed by atoms with van der Waals surface area (Å²) in [6.07, 6.45) is 6.56. The van der Waals surface area contributed by atoms with E-state index in [0.717, 1.165) is 50.0 Å². The second-order valence-electron chi connectivity index (χ2n) is 13.3. The Morgan fingerprint density at radius 2 is 1.59 bits per heavy atom. The van der Waals surface area contributed by atoms with E-state index in [0.29, 0.717) is 13.0 Å². The van der Waals surface area contributed by atoms with Crippen molar-refractivity contribution in [3.8, 4) is 0 Å². The third-order valence-electron chi connectivity index (χ3n) is 7.83. The van der Waals surface area contributed by atoms with E-state index in [-0.39, 0.29) is 28.2 Å². The summed E-state index contributed by atoms with van der Waals surface area (Å²) in [6, 6.07) is -1.53. The van der Waals surface area contributed by atoms with Gasteiger partial charge >= 0.3 is 11.9 Å². The number of ether oxygens (including phenoxy) is 2. The highest BCUT2D eigenvalue weighted by Crippen LogP contribution is 2.51. The molecule has 1 spiro atoms. The number of rotatable bonds is 7. The molecular weight excluding hydrogens is 536 g/mol. The molecule has 39 heavy (non-hydrogen) atoms. The predicted octanol–water partition coefficient (Wildman–Crippen LogP) is 4.79. The number of esters is 2. The molecule has 8 nitrogen and oxygen atoms in total. The Balaban J connectivity index is 1.85. The van der Waals surface area contributed by atoms with Crippen LogP contribution in [-0.2, 0) is 28.7 Å². The third-order valence-corrected chi connectivity index (χ3v) is 11.2. The van der Waals surface area contributed by atoms with Gasteiger partial charge in [-0.3, -0.25) is 14.4 Å². The van der Waals surface area contributed by atoms with Gasteiger partial charge in [-0.25, -0.2) is 4.79 Å². The van der Waals surface area contributed by atoms with Crippen LogP contribution in [0, 0.1) is 17.3 Å². The fourth-order valence-electron chi connectivity index (χ4n) is 5.88. The Kier molecular flexibility index (Phi) is 10.7. The van der Waals surface area contributed by atoms with E-state index in [1.54, 1.807) is 4.90 Å². The van der Waals surface area contributed by atoms with Crippen LogP contribution in [0.1, 0.15) is 92.9 Å². The Hall–Kier alpha value is -1.42. The van der Waals surface area contributed by atoms with E-state index in [1.165, 1.54) is 7.11 Å². The standard InChI is InChI=1S/C29H48N2O6S2/c1-27(2,3)23(25(34)31-18-29(38-14-11-15-39-29)17-21(31)26(35)36-7)30-24(33)20(19-12-9-8-10-13-19)16-22(32)37-28(4,5)6/h19-21,23H,8-18H2,1-7H3,(H,30,33)/t20-,21-,23+/m0/s1. The highest BCUT2D eigenvalue weighted by molar-refractivity contribution is 8.18. The lowest BCUT2D eigenvalue weighted by molar-refractivity contribution is -0.159. The Morgan fingerprint density at radius 3 is 2.13 bits per heavy atom. The Morgan fingerprint density at radius 1 is 0.974 bits per heavy atom. The van der Waals surface area contributed by atoms with Crippen LogP contribution in [0.5, 0.6) is 0 Å². The van der Waals surface area contributed by atoms with Crippen molar-refractivity contribution in [3.05, 3.63) is 0 Å². The van der Waals surface area contributed by atoms with Crippen molar-refractivity contribution in [1.29, 1.82) is 0 Å². The fraction of sp³-hybridized carbons (Fsp3) is 0.862. The lowest BCUT2D eigenvalue weighted by atomic mass is 9.77. The molecule has 2 amide bonds. The lowest BCUT2D eigenvalue weighted by Crippen LogP contribution is -2.58. The molecule has 2 saturated heterocycles. The summed E-state index contributed by atoms with van der Waals surface area (Å²) >= 11 is 3.63. The van der Waals surface area contributed by atoms with Crippen LogP contribution in [0.25, 0.3) is 0 Å². The average Bonchev–Trinajstić information content (AvgIpc) is 3.22. The summed E-state index contributed by atoms with van der Waals surface area (Å²) in [5.74, 6) is 0.118. The molecule has 3 rings (SSSR count).